The third kappa shape index (κ3) is 3.82. The second-order valence-corrected chi connectivity index (χ2v) is 6.27. The van der Waals surface area contributed by atoms with E-state index in [1.807, 2.05) is 6.07 Å². The standard InChI is InChI=1S/C18H24N2O/c1-5-13-6-7-17(16(9-13)18(2,3)4)21-15-8-14(10-19)11-20-12-15/h6-9,11-12H,5,10,19H2,1-4H3. The third-order valence-electron chi connectivity index (χ3n) is 3.49. The summed E-state index contributed by atoms with van der Waals surface area (Å²) in [5.41, 5.74) is 9.18. The van der Waals surface area contributed by atoms with Crippen molar-refractivity contribution in [1.29, 1.82) is 0 Å². The fourth-order valence-electron chi connectivity index (χ4n) is 2.23. The minimum absolute atomic E-state index is 0.0272. The summed E-state index contributed by atoms with van der Waals surface area (Å²) in [7, 11) is 0. The summed E-state index contributed by atoms with van der Waals surface area (Å²) < 4.78 is 6.06. The van der Waals surface area contributed by atoms with Gasteiger partial charge in [-0.15, -0.1) is 0 Å². The molecule has 0 bridgehead atoms. The van der Waals surface area contributed by atoms with Gasteiger partial charge in [0.2, 0.25) is 0 Å². The van der Waals surface area contributed by atoms with Crippen LogP contribution in [0, 0.1) is 0 Å². The summed E-state index contributed by atoms with van der Waals surface area (Å²) in [6, 6.07) is 8.34. The number of pyridine rings is 1. The summed E-state index contributed by atoms with van der Waals surface area (Å²) in [6.45, 7) is 9.22. The molecular formula is C18H24N2O. The number of aryl methyl sites for hydroxylation is 1. The fourth-order valence-corrected chi connectivity index (χ4v) is 2.23. The first kappa shape index (κ1) is 15.5. The van der Waals surface area contributed by atoms with Gasteiger partial charge in [-0.2, -0.15) is 0 Å². The molecule has 21 heavy (non-hydrogen) atoms. The molecule has 0 amide bonds. The summed E-state index contributed by atoms with van der Waals surface area (Å²) in [5, 5.41) is 0. The van der Waals surface area contributed by atoms with E-state index >= 15 is 0 Å². The van der Waals surface area contributed by atoms with Gasteiger partial charge >= 0.3 is 0 Å². The lowest BCUT2D eigenvalue weighted by Gasteiger charge is -2.23. The molecular weight excluding hydrogens is 260 g/mol. The normalized spacial score (nSPS) is 11.5. The number of benzene rings is 1. The van der Waals surface area contributed by atoms with Crippen LogP contribution in [0.15, 0.2) is 36.7 Å². The number of ether oxygens (including phenoxy) is 1. The monoisotopic (exact) mass is 284 g/mol. The molecule has 1 heterocycles. The average Bonchev–Trinajstić information content (AvgIpc) is 2.46. The first-order chi connectivity index (χ1) is 9.94. The van der Waals surface area contributed by atoms with E-state index in [2.05, 4.69) is 50.9 Å². The Morgan fingerprint density at radius 2 is 1.86 bits per heavy atom. The minimum Gasteiger partial charge on any atom is -0.455 e. The Morgan fingerprint density at radius 3 is 2.48 bits per heavy atom. The lowest BCUT2D eigenvalue weighted by atomic mass is 9.85. The first-order valence-corrected chi connectivity index (χ1v) is 7.39. The molecule has 0 aliphatic rings. The molecule has 0 aliphatic heterocycles. The van der Waals surface area contributed by atoms with E-state index in [0.717, 1.165) is 23.5 Å². The second kappa shape index (κ2) is 6.27. The molecule has 0 aliphatic carbocycles. The van der Waals surface area contributed by atoms with Crippen LogP contribution in [0.25, 0.3) is 0 Å². The molecule has 0 saturated heterocycles. The Labute approximate surface area is 127 Å². The van der Waals surface area contributed by atoms with Crippen molar-refractivity contribution in [1.82, 2.24) is 4.98 Å². The SMILES string of the molecule is CCc1ccc(Oc2cncc(CN)c2)c(C(C)(C)C)c1. The molecule has 0 saturated carbocycles. The van der Waals surface area contributed by atoms with Crippen molar-refractivity contribution in [2.75, 3.05) is 0 Å². The van der Waals surface area contributed by atoms with Gasteiger partial charge in [0.05, 0.1) is 6.20 Å². The fraction of sp³-hybridized carbons (Fsp3) is 0.389. The Hall–Kier alpha value is -1.87. The van der Waals surface area contributed by atoms with Crippen LogP contribution < -0.4 is 10.5 Å². The van der Waals surface area contributed by atoms with Gasteiger partial charge in [-0.1, -0.05) is 39.8 Å². The molecule has 3 heteroatoms. The van der Waals surface area contributed by atoms with Crippen LogP contribution in [-0.2, 0) is 18.4 Å². The Kier molecular flexibility index (Phi) is 4.63. The molecule has 112 valence electrons. The maximum atomic E-state index is 6.06. The average molecular weight is 284 g/mol. The number of rotatable bonds is 4. The topological polar surface area (TPSA) is 48.1 Å². The van der Waals surface area contributed by atoms with E-state index in [0.29, 0.717) is 6.54 Å². The number of nitrogens with two attached hydrogens (primary N) is 1. The maximum Gasteiger partial charge on any atom is 0.146 e. The summed E-state index contributed by atoms with van der Waals surface area (Å²) in [5.74, 6) is 1.61. The van der Waals surface area contributed by atoms with Crippen LogP contribution in [0.4, 0.5) is 0 Å². The molecule has 2 rings (SSSR count). The molecule has 0 unspecified atom stereocenters. The molecule has 1 aromatic heterocycles. The van der Waals surface area contributed by atoms with E-state index in [1.165, 1.54) is 11.1 Å². The van der Waals surface area contributed by atoms with E-state index < -0.39 is 0 Å². The minimum atomic E-state index is 0.0272. The maximum absolute atomic E-state index is 6.06. The Morgan fingerprint density at radius 1 is 1.10 bits per heavy atom. The van der Waals surface area contributed by atoms with Crippen molar-refractivity contribution in [3.8, 4) is 11.5 Å². The summed E-state index contributed by atoms with van der Waals surface area (Å²) in [4.78, 5) is 4.17. The highest BCUT2D eigenvalue weighted by molar-refractivity contribution is 5.44. The molecule has 0 atom stereocenters. The highest BCUT2D eigenvalue weighted by Gasteiger charge is 2.20. The predicted octanol–water partition coefficient (Wildman–Crippen LogP) is 4.19. The number of nitrogens with zero attached hydrogens (tertiary/aromatic N) is 1. The lowest BCUT2D eigenvalue weighted by molar-refractivity contribution is 0.452. The lowest BCUT2D eigenvalue weighted by Crippen LogP contribution is -2.13. The van der Waals surface area contributed by atoms with Crippen molar-refractivity contribution in [3.63, 3.8) is 0 Å². The van der Waals surface area contributed by atoms with Crippen molar-refractivity contribution in [3.05, 3.63) is 53.3 Å². The highest BCUT2D eigenvalue weighted by Crippen LogP contribution is 2.35. The van der Waals surface area contributed by atoms with Crippen molar-refractivity contribution in [2.24, 2.45) is 5.73 Å². The van der Waals surface area contributed by atoms with E-state index in [1.54, 1.807) is 12.4 Å². The zero-order valence-corrected chi connectivity index (χ0v) is 13.3. The number of hydrogen-bond acceptors (Lipinski definition) is 3. The van der Waals surface area contributed by atoms with E-state index in [4.69, 9.17) is 10.5 Å². The van der Waals surface area contributed by atoms with Crippen molar-refractivity contribution >= 4 is 0 Å². The zero-order valence-electron chi connectivity index (χ0n) is 13.3. The van der Waals surface area contributed by atoms with Gasteiger partial charge in [0, 0.05) is 18.3 Å². The molecule has 2 N–H and O–H groups in total. The van der Waals surface area contributed by atoms with Gasteiger partial charge < -0.3 is 10.5 Å². The molecule has 0 fully saturated rings. The van der Waals surface area contributed by atoms with E-state index in [9.17, 15) is 0 Å². The number of aromatic nitrogens is 1. The molecule has 0 radical (unpaired) electrons. The Bertz CT molecular complexity index is 615. The van der Waals surface area contributed by atoms with Crippen LogP contribution in [0.5, 0.6) is 11.5 Å². The van der Waals surface area contributed by atoms with Gasteiger partial charge in [0.1, 0.15) is 11.5 Å². The molecule has 2 aromatic rings. The number of hydrogen-bond donors (Lipinski definition) is 1. The van der Waals surface area contributed by atoms with Gasteiger partial charge in [-0.3, -0.25) is 4.98 Å². The predicted molar refractivity (Wildman–Crippen MR) is 86.7 cm³/mol. The van der Waals surface area contributed by atoms with E-state index in [-0.39, 0.29) is 5.41 Å². The Balaban J connectivity index is 2.39. The van der Waals surface area contributed by atoms with Crippen LogP contribution in [0.1, 0.15) is 44.4 Å². The van der Waals surface area contributed by atoms with Crippen LogP contribution in [0.3, 0.4) is 0 Å². The zero-order chi connectivity index (χ0) is 15.5. The van der Waals surface area contributed by atoms with Crippen LogP contribution >= 0.6 is 0 Å². The summed E-state index contributed by atoms with van der Waals surface area (Å²) >= 11 is 0. The first-order valence-electron chi connectivity index (χ1n) is 7.39. The quantitative estimate of drug-likeness (QED) is 0.915. The van der Waals surface area contributed by atoms with Crippen molar-refractivity contribution in [2.45, 2.75) is 46.1 Å². The van der Waals surface area contributed by atoms with Crippen molar-refractivity contribution < 1.29 is 4.74 Å². The molecule has 1 aromatic carbocycles. The summed E-state index contributed by atoms with van der Waals surface area (Å²) in [6.07, 6.45) is 4.50. The molecule has 3 nitrogen and oxygen atoms in total. The van der Waals surface area contributed by atoms with Gasteiger partial charge in [-0.05, 0) is 35.1 Å². The van der Waals surface area contributed by atoms with Gasteiger partial charge in [0.25, 0.3) is 0 Å². The highest BCUT2D eigenvalue weighted by atomic mass is 16.5. The molecule has 0 spiro atoms. The second-order valence-electron chi connectivity index (χ2n) is 6.27. The third-order valence-corrected chi connectivity index (χ3v) is 3.49. The van der Waals surface area contributed by atoms with Crippen LogP contribution in [-0.4, -0.2) is 4.98 Å². The van der Waals surface area contributed by atoms with Gasteiger partial charge in [-0.25, -0.2) is 0 Å². The smallest absolute Gasteiger partial charge is 0.146 e. The van der Waals surface area contributed by atoms with Gasteiger partial charge in [0.15, 0.2) is 0 Å². The van der Waals surface area contributed by atoms with Crippen LogP contribution in [0.2, 0.25) is 0 Å². The largest absolute Gasteiger partial charge is 0.455 e.